The topological polar surface area (TPSA) is 37.2 Å². The van der Waals surface area contributed by atoms with Crippen molar-refractivity contribution in [2.75, 3.05) is 10.6 Å². The predicted octanol–water partition coefficient (Wildman–Crippen LogP) is 6.55. The van der Waals surface area contributed by atoms with Crippen molar-refractivity contribution < 1.29 is 4.42 Å². The van der Waals surface area contributed by atoms with Crippen LogP contribution in [0.4, 0.5) is 11.4 Å². The molecule has 3 rings (SSSR count). The minimum Gasteiger partial charge on any atom is -0.467 e. The van der Waals surface area contributed by atoms with Gasteiger partial charge in [0.1, 0.15) is 5.76 Å². The number of hydrogen-bond acceptors (Lipinski definition) is 3. The lowest BCUT2D eigenvalue weighted by molar-refractivity contribution is 0.463. The van der Waals surface area contributed by atoms with Gasteiger partial charge in [0.2, 0.25) is 0 Å². The Bertz CT molecular complexity index is 759. The van der Waals surface area contributed by atoms with Crippen molar-refractivity contribution in [2.24, 2.45) is 11.8 Å². The van der Waals surface area contributed by atoms with Crippen LogP contribution in [-0.4, -0.2) is 5.54 Å². The summed E-state index contributed by atoms with van der Waals surface area (Å²) in [5.41, 5.74) is 5.18. The number of nitrogens with one attached hydrogen (secondary N) is 2. The highest BCUT2D eigenvalue weighted by molar-refractivity contribution is 5.83. The van der Waals surface area contributed by atoms with E-state index in [1.54, 1.807) is 6.26 Å². The summed E-state index contributed by atoms with van der Waals surface area (Å²) in [6, 6.07) is 10.6. The van der Waals surface area contributed by atoms with Crippen molar-refractivity contribution in [1.82, 2.24) is 0 Å². The number of hydrogen-bond donors (Lipinski definition) is 2. The molecule has 140 valence electrons. The largest absolute Gasteiger partial charge is 0.467 e. The Hall–Kier alpha value is -2.16. The van der Waals surface area contributed by atoms with Gasteiger partial charge in [0.15, 0.2) is 0 Å². The molecule has 0 bridgehead atoms. The van der Waals surface area contributed by atoms with Crippen molar-refractivity contribution in [3.63, 3.8) is 0 Å². The van der Waals surface area contributed by atoms with Crippen LogP contribution in [0.5, 0.6) is 0 Å². The normalized spacial score (nSPS) is 19.3. The van der Waals surface area contributed by atoms with Crippen LogP contribution in [0.25, 0.3) is 5.57 Å². The maximum Gasteiger partial charge on any atom is 0.122 e. The highest BCUT2D eigenvalue weighted by atomic mass is 16.3. The molecule has 3 nitrogen and oxygen atoms in total. The zero-order valence-corrected chi connectivity index (χ0v) is 16.7. The third kappa shape index (κ3) is 4.51. The molecule has 2 N–H and O–H groups in total. The van der Waals surface area contributed by atoms with Gasteiger partial charge in [-0.3, -0.25) is 0 Å². The number of rotatable bonds is 7. The number of benzene rings is 1. The van der Waals surface area contributed by atoms with Crippen LogP contribution in [-0.2, 0) is 6.54 Å². The number of furan rings is 1. The molecule has 0 saturated heterocycles. The molecule has 1 aromatic carbocycles. The van der Waals surface area contributed by atoms with Crippen LogP contribution in [0.2, 0.25) is 0 Å². The van der Waals surface area contributed by atoms with E-state index in [-0.39, 0.29) is 5.54 Å². The average molecular weight is 353 g/mol. The van der Waals surface area contributed by atoms with E-state index in [9.17, 15) is 0 Å². The molecule has 3 heteroatoms. The van der Waals surface area contributed by atoms with Gasteiger partial charge in [0, 0.05) is 16.9 Å². The molecule has 2 heterocycles. The van der Waals surface area contributed by atoms with Crippen LogP contribution in [0.1, 0.15) is 58.8 Å². The minimum atomic E-state index is 0.0223. The third-order valence-electron chi connectivity index (χ3n) is 4.79. The van der Waals surface area contributed by atoms with Gasteiger partial charge in [-0.2, -0.15) is 0 Å². The summed E-state index contributed by atoms with van der Waals surface area (Å²) in [7, 11) is 0. The second kappa shape index (κ2) is 7.61. The molecular weight excluding hydrogens is 320 g/mol. The van der Waals surface area contributed by atoms with E-state index < -0.39 is 0 Å². The van der Waals surface area contributed by atoms with E-state index in [1.165, 1.54) is 16.8 Å². The van der Waals surface area contributed by atoms with E-state index >= 15 is 0 Å². The second-order valence-electron chi connectivity index (χ2n) is 8.60. The van der Waals surface area contributed by atoms with Crippen LogP contribution in [0.3, 0.4) is 0 Å². The molecule has 0 aliphatic carbocycles. The molecule has 0 saturated carbocycles. The van der Waals surface area contributed by atoms with E-state index in [0.29, 0.717) is 18.4 Å². The van der Waals surface area contributed by atoms with Gasteiger partial charge in [-0.1, -0.05) is 33.8 Å². The van der Waals surface area contributed by atoms with E-state index in [4.69, 9.17) is 4.42 Å². The third-order valence-corrected chi connectivity index (χ3v) is 4.79. The standard InChI is InChI=1S/C23H32N2O/c1-16(2)11-18-14-23(5,13-17(3)4)25-22-9-8-19(12-21(18)22)24-15-20-7-6-10-26-20/h6-10,12,14,16-17,24-25H,11,13,15H2,1-5H3. The number of fused-ring (bicyclic) bond motifs is 1. The molecule has 1 atom stereocenters. The first-order chi connectivity index (χ1) is 12.3. The van der Waals surface area contributed by atoms with Gasteiger partial charge < -0.3 is 15.1 Å². The Kier molecular flexibility index (Phi) is 5.45. The quantitative estimate of drug-likeness (QED) is 0.593. The van der Waals surface area contributed by atoms with Gasteiger partial charge in [-0.15, -0.1) is 0 Å². The molecule has 0 spiro atoms. The van der Waals surface area contributed by atoms with Crippen molar-refractivity contribution in [2.45, 2.75) is 59.5 Å². The summed E-state index contributed by atoms with van der Waals surface area (Å²) in [6.45, 7) is 12.2. The number of anilines is 2. The van der Waals surface area contributed by atoms with E-state index in [0.717, 1.165) is 24.3 Å². The fourth-order valence-corrected chi connectivity index (χ4v) is 4.00. The van der Waals surface area contributed by atoms with Crippen LogP contribution < -0.4 is 10.6 Å². The summed E-state index contributed by atoms with van der Waals surface area (Å²) in [5, 5.41) is 7.26. The van der Waals surface area contributed by atoms with Gasteiger partial charge in [0.25, 0.3) is 0 Å². The molecule has 1 aromatic heterocycles. The van der Waals surface area contributed by atoms with Gasteiger partial charge >= 0.3 is 0 Å². The fourth-order valence-electron chi connectivity index (χ4n) is 4.00. The summed E-state index contributed by atoms with van der Waals surface area (Å²) < 4.78 is 5.42. The predicted molar refractivity (Wildman–Crippen MR) is 111 cm³/mol. The zero-order valence-electron chi connectivity index (χ0n) is 16.7. The Morgan fingerprint density at radius 3 is 2.58 bits per heavy atom. The smallest absolute Gasteiger partial charge is 0.122 e. The molecule has 0 fully saturated rings. The maximum absolute atomic E-state index is 5.42. The van der Waals surface area contributed by atoms with Crippen molar-refractivity contribution in [1.29, 1.82) is 0 Å². The molecule has 2 aromatic rings. The van der Waals surface area contributed by atoms with Gasteiger partial charge in [-0.05, 0) is 67.5 Å². The SMILES string of the molecule is CC(C)CC1=CC(C)(CC(C)C)Nc2ccc(NCc3ccco3)cc21. The highest BCUT2D eigenvalue weighted by Crippen LogP contribution is 2.40. The first-order valence-corrected chi connectivity index (χ1v) is 9.75. The minimum absolute atomic E-state index is 0.0223. The number of allylic oxidation sites excluding steroid dienone is 1. The van der Waals surface area contributed by atoms with Crippen molar-refractivity contribution in [3.05, 3.63) is 54.0 Å². The summed E-state index contributed by atoms with van der Waals surface area (Å²) in [5.74, 6) is 2.23. The molecule has 1 unspecified atom stereocenters. The molecule has 0 amide bonds. The molecule has 1 aliphatic heterocycles. The second-order valence-corrected chi connectivity index (χ2v) is 8.60. The maximum atomic E-state index is 5.42. The molecule has 1 aliphatic rings. The van der Waals surface area contributed by atoms with Crippen molar-refractivity contribution in [3.8, 4) is 0 Å². The first kappa shape index (κ1) is 18.6. The lowest BCUT2D eigenvalue weighted by Crippen LogP contribution is -2.37. The van der Waals surface area contributed by atoms with Gasteiger partial charge in [-0.25, -0.2) is 0 Å². The highest BCUT2D eigenvalue weighted by Gasteiger charge is 2.29. The Morgan fingerprint density at radius 1 is 1.12 bits per heavy atom. The molecule has 26 heavy (non-hydrogen) atoms. The lowest BCUT2D eigenvalue weighted by atomic mass is 9.81. The van der Waals surface area contributed by atoms with Crippen molar-refractivity contribution >= 4 is 16.9 Å². The van der Waals surface area contributed by atoms with Crippen LogP contribution in [0.15, 0.2) is 47.1 Å². The summed E-state index contributed by atoms with van der Waals surface area (Å²) >= 11 is 0. The van der Waals surface area contributed by atoms with E-state index in [1.807, 2.05) is 12.1 Å². The van der Waals surface area contributed by atoms with E-state index in [2.05, 4.69) is 69.5 Å². The molecule has 0 radical (unpaired) electrons. The summed E-state index contributed by atoms with van der Waals surface area (Å²) in [4.78, 5) is 0. The van der Waals surface area contributed by atoms with Gasteiger partial charge in [0.05, 0.1) is 18.3 Å². The first-order valence-electron chi connectivity index (χ1n) is 9.75. The Balaban J connectivity index is 1.87. The monoisotopic (exact) mass is 352 g/mol. The van der Waals surface area contributed by atoms with Crippen LogP contribution >= 0.6 is 0 Å². The Morgan fingerprint density at radius 2 is 1.92 bits per heavy atom. The zero-order chi connectivity index (χ0) is 18.7. The van der Waals surface area contributed by atoms with Crippen LogP contribution in [0, 0.1) is 11.8 Å². The average Bonchev–Trinajstić information content (AvgIpc) is 3.04. The lowest BCUT2D eigenvalue weighted by Gasteiger charge is -2.37. The fraction of sp³-hybridized carbons (Fsp3) is 0.478. The summed E-state index contributed by atoms with van der Waals surface area (Å²) in [6.07, 6.45) is 6.41. The molecular formula is C23H32N2O. The Labute approximate surface area is 157 Å².